The summed E-state index contributed by atoms with van der Waals surface area (Å²) in [6.07, 6.45) is 10.1. The molecule has 0 amide bonds. The highest BCUT2D eigenvalue weighted by Crippen LogP contribution is 2.28. The molecule has 0 spiro atoms. The van der Waals surface area contributed by atoms with Crippen LogP contribution in [0.15, 0.2) is 67.3 Å². The third-order valence-corrected chi connectivity index (χ3v) is 5.88. The van der Waals surface area contributed by atoms with Crippen molar-refractivity contribution in [3.05, 3.63) is 84.2 Å². The molecular formula is C26H29FN6O. The minimum absolute atomic E-state index is 0.0536. The smallest absolute Gasteiger partial charge is 0.128 e. The lowest BCUT2D eigenvalue weighted by atomic mass is 10.0. The Kier molecular flexibility index (Phi) is 7.18. The zero-order valence-electron chi connectivity index (χ0n) is 19.6. The van der Waals surface area contributed by atoms with Crippen molar-refractivity contribution in [1.82, 2.24) is 25.1 Å². The Morgan fingerprint density at radius 2 is 2.00 bits per heavy atom. The molecule has 1 atom stereocenters. The van der Waals surface area contributed by atoms with E-state index in [-0.39, 0.29) is 18.5 Å². The summed E-state index contributed by atoms with van der Waals surface area (Å²) in [6.45, 7) is 4.72. The molecule has 0 saturated heterocycles. The van der Waals surface area contributed by atoms with E-state index in [2.05, 4.69) is 33.4 Å². The van der Waals surface area contributed by atoms with Gasteiger partial charge in [-0.25, -0.2) is 14.1 Å². The molecule has 0 radical (unpaired) electrons. The molecule has 34 heavy (non-hydrogen) atoms. The van der Waals surface area contributed by atoms with Crippen molar-refractivity contribution in [2.24, 2.45) is 0 Å². The van der Waals surface area contributed by atoms with Gasteiger partial charge in [0, 0.05) is 42.6 Å². The second-order valence-electron chi connectivity index (χ2n) is 8.05. The third-order valence-electron chi connectivity index (χ3n) is 5.88. The van der Waals surface area contributed by atoms with Gasteiger partial charge in [-0.1, -0.05) is 13.0 Å². The summed E-state index contributed by atoms with van der Waals surface area (Å²) >= 11 is 0. The lowest BCUT2D eigenvalue weighted by Crippen LogP contribution is -2.23. The highest BCUT2D eigenvalue weighted by molar-refractivity contribution is 5.91. The van der Waals surface area contributed by atoms with Crippen LogP contribution in [0.3, 0.4) is 0 Å². The quantitative estimate of drug-likeness (QED) is 0.383. The molecule has 0 aliphatic carbocycles. The molecule has 2 N–H and O–H groups in total. The van der Waals surface area contributed by atoms with E-state index in [1.54, 1.807) is 29.2 Å². The van der Waals surface area contributed by atoms with Gasteiger partial charge in [-0.05, 0) is 55.3 Å². The van der Waals surface area contributed by atoms with Gasteiger partial charge in [0.1, 0.15) is 11.6 Å². The third kappa shape index (κ3) is 4.77. The fourth-order valence-corrected chi connectivity index (χ4v) is 3.99. The number of fused-ring (bicyclic) bond motifs is 1. The van der Waals surface area contributed by atoms with Crippen LogP contribution in [-0.2, 0) is 0 Å². The fourth-order valence-electron chi connectivity index (χ4n) is 3.99. The number of anilines is 1. The van der Waals surface area contributed by atoms with E-state index in [4.69, 9.17) is 0 Å². The fraction of sp³-hybridized carbons (Fsp3) is 0.269. The lowest BCUT2D eigenvalue weighted by molar-refractivity contribution is 0.304. The number of halogens is 1. The highest BCUT2D eigenvalue weighted by atomic mass is 19.1. The zero-order valence-corrected chi connectivity index (χ0v) is 19.6. The first-order valence-corrected chi connectivity index (χ1v) is 11.3. The van der Waals surface area contributed by atoms with Gasteiger partial charge in [0.15, 0.2) is 0 Å². The summed E-state index contributed by atoms with van der Waals surface area (Å²) in [5.41, 5.74) is 4.62. The van der Waals surface area contributed by atoms with Gasteiger partial charge in [-0.2, -0.15) is 5.10 Å². The number of benzene rings is 1. The first kappa shape index (κ1) is 23.4. The number of rotatable bonds is 9. The van der Waals surface area contributed by atoms with E-state index in [0.29, 0.717) is 6.54 Å². The van der Waals surface area contributed by atoms with Crippen molar-refractivity contribution in [3.63, 3.8) is 0 Å². The van der Waals surface area contributed by atoms with Gasteiger partial charge in [-0.3, -0.25) is 4.98 Å². The number of allylic oxidation sites excluding steroid dienone is 1. The standard InChI is InChI=1S/C26H29FN6O/c1-4-23(18-10-11-29-26(14-18)32(3)12-13-34)31-24(5-2)21-15-28-17-25-22(21)16-30-33(25)20-8-6-19(27)7-9-20/h5-11,14-17,23,31,34H,4,12-13H2,1-3H3. The van der Waals surface area contributed by atoms with Crippen LogP contribution in [0.5, 0.6) is 0 Å². The molecule has 0 saturated carbocycles. The maximum absolute atomic E-state index is 13.4. The van der Waals surface area contributed by atoms with Crippen molar-refractivity contribution in [1.29, 1.82) is 0 Å². The summed E-state index contributed by atoms with van der Waals surface area (Å²) in [6, 6.07) is 10.4. The molecule has 0 aliphatic rings. The molecule has 0 fully saturated rings. The highest BCUT2D eigenvalue weighted by Gasteiger charge is 2.17. The van der Waals surface area contributed by atoms with Crippen LogP contribution in [0.2, 0.25) is 0 Å². The Morgan fingerprint density at radius 1 is 1.21 bits per heavy atom. The molecule has 3 aromatic heterocycles. The molecular weight excluding hydrogens is 431 g/mol. The number of aromatic nitrogens is 4. The molecule has 4 rings (SSSR count). The molecule has 0 aliphatic heterocycles. The number of pyridine rings is 2. The Morgan fingerprint density at radius 3 is 2.71 bits per heavy atom. The zero-order chi connectivity index (χ0) is 24.1. The van der Waals surface area contributed by atoms with Crippen LogP contribution >= 0.6 is 0 Å². The number of aliphatic hydroxyl groups is 1. The Balaban J connectivity index is 1.65. The van der Waals surface area contributed by atoms with Gasteiger partial charge in [0.25, 0.3) is 0 Å². The first-order chi connectivity index (χ1) is 16.5. The molecule has 7 nitrogen and oxygen atoms in total. The van der Waals surface area contributed by atoms with Crippen molar-refractivity contribution in [2.75, 3.05) is 25.1 Å². The van der Waals surface area contributed by atoms with Crippen molar-refractivity contribution < 1.29 is 9.50 Å². The molecule has 176 valence electrons. The first-order valence-electron chi connectivity index (χ1n) is 11.3. The summed E-state index contributed by atoms with van der Waals surface area (Å²) in [7, 11) is 1.92. The second kappa shape index (κ2) is 10.4. The molecule has 1 aromatic carbocycles. The summed E-state index contributed by atoms with van der Waals surface area (Å²) in [5.74, 6) is 0.532. The van der Waals surface area contributed by atoms with E-state index in [9.17, 15) is 9.50 Å². The molecule has 1 unspecified atom stereocenters. The average molecular weight is 461 g/mol. The monoisotopic (exact) mass is 460 g/mol. The topological polar surface area (TPSA) is 79.1 Å². The predicted octanol–water partition coefficient (Wildman–Crippen LogP) is 4.48. The van der Waals surface area contributed by atoms with Gasteiger partial charge in [0.05, 0.1) is 36.2 Å². The van der Waals surface area contributed by atoms with Crippen molar-refractivity contribution in [2.45, 2.75) is 26.3 Å². The molecule has 4 aromatic rings. The Bertz CT molecular complexity index is 1280. The van der Waals surface area contributed by atoms with Gasteiger partial charge >= 0.3 is 0 Å². The van der Waals surface area contributed by atoms with Crippen LogP contribution in [0.4, 0.5) is 10.2 Å². The number of nitrogens with one attached hydrogen (secondary N) is 1. The minimum atomic E-state index is -0.285. The number of aliphatic hydroxyl groups excluding tert-OH is 1. The SMILES string of the molecule is CC=C(NC(CC)c1ccnc(N(C)CCO)c1)c1cncc2c1cnn2-c1ccc(F)cc1. The summed E-state index contributed by atoms with van der Waals surface area (Å²) in [5, 5.41) is 18.4. The number of nitrogens with zero attached hydrogens (tertiary/aromatic N) is 5. The van der Waals surface area contributed by atoms with E-state index >= 15 is 0 Å². The van der Waals surface area contributed by atoms with Crippen LogP contribution in [0.25, 0.3) is 22.3 Å². The van der Waals surface area contributed by atoms with Crippen LogP contribution in [0.1, 0.15) is 37.4 Å². The van der Waals surface area contributed by atoms with Gasteiger partial charge in [0.2, 0.25) is 0 Å². The Labute approximate surface area is 198 Å². The normalized spacial score (nSPS) is 12.7. The number of likely N-dealkylation sites (N-methyl/N-ethyl adjacent to an activating group) is 1. The maximum atomic E-state index is 13.4. The number of hydrogen-bond donors (Lipinski definition) is 2. The Hall–Kier alpha value is -3.78. The second-order valence-corrected chi connectivity index (χ2v) is 8.05. The summed E-state index contributed by atoms with van der Waals surface area (Å²) in [4.78, 5) is 10.8. The van der Waals surface area contributed by atoms with Gasteiger partial charge in [-0.15, -0.1) is 0 Å². The maximum Gasteiger partial charge on any atom is 0.128 e. The van der Waals surface area contributed by atoms with Crippen LogP contribution in [-0.4, -0.2) is 45.1 Å². The molecule has 0 bridgehead atoms. The molecule has 3 heterocycles. The van der Waals surface area contributed by atoms with Crippen LogP contribution < -0.4 is 10.2 Å². The van der Waals surface area contributed by atoms with E-state index in [0.717, 1.165) is 45.7 Å². The van der Waals surface area contributed by atoms with Crippen LogP contribution in [0, 0.1) is 5.82 Å². The largest absolute Gasteiger partial charge is 0.395 e. The van der Waals surface area contributed by atoms with E-state index in [1.807, 2.05) is 43.4 Å². The summed E-state index contributed by atoms with van der Waals surface area (Å²) < 4.78 is 15.2. The van der Waals surface area contributed by atoms with Crippen molar-refractivity contribution in [3.8, 4) is 5.69 Å². The minimum Gasteiger partial charge on any atom is -0.395 e. The average Bonchev–Trinajstić information content (AvgIpc) is 3.30. The lowest BCUT2D eigenvalue weighted by Gasteiger charge is -2.23. The van der Waals surface area contributed by atoms with Gasteiger partial charge < -0.3 is 15.3 Å². The number of hydrogen-bond acceptors (Lipinski definition) is 6. The molecule has 8 heteroatoms. The van der Waals surface area contributed by atoms with E-state index in [1.165, 1.54) is 12.1 Å². The van der Waals surface area contributed by atoms with E-state index < -0.39 is 0 Å². The predicted molar refractivity (Wildman–Crippen MR) is 133 cm³/mol. The van der Waals surface area contributed by atoms with Crippen molar-refractivity contribution >= 4 is 22.4 Å².